The number of hydrogen-bond donors (Lipinski definition) is 1. The van der Waals surface area contributed by atoms with Gasteiger partial charge < -0.3 is 10.1 Å². The second-order valence-electron chi connectivity index (χ2n) is 6.81. The summed E-state index contributed by atoms with van der Waals surface area (Å²) in [4.78, 5) is 12.4. The van der Waals surface area contributed by atoms with Crippen LogP contribution in [0.1, 0.15) is 32.1 Å². The Morgan fingerprint density at radius 1 is 1.00 bits per heavy atom. The number of nitrogens with one attached hydrogen (secondary N) is 1. The summed E-state index contributed by atoms with van der Waals surface area (Å²) < 4.78 is 32.6. The van der Waals surface area contributed by atoms with E-state index < -0.39 is 10.0 Å². The van der Waals surface area contributed by atoms with Gasteiger partial charge in [0.15, 0.2) is 0 Å². The highest BCUT2D eigenvalue weighted by molar-refractivity contribution is 7.89. The van der Waals surface area contributed by atoms with Gasteiger partial charge in [-0.1, -0.05) is 30.7 Å². The topological polar surface area (TPSA) is 75.7 Å². The molecule has 1 aliphatic rings. The van der Waals surface area contributed by atoms with E-state index in [0.717, 1.165) is 25.0 Å². The van der Waals surface area contributed by atoms with Gasteiger partial charge in [-0.3, -0.25) is 4.79 Å². The molecule has 7 heteroatoms. The molecular weight excluding hydrogens is 376 g/mol. The van der Waals surface area contributed by atoms with Gasteiger partial charge in [0.1, 0.15) is 5.75 Å². The Morgan fingerprint density at radius 2 is 1.75 bits per heavy atom. The molecule has 0 radical (unpaired) electrons. The molecule has 0 unspecified atom stereocenters. The van der Waals surface area contributed by atoms with Crippen LogP contribution < -0.4 is 10.1 Å². The molecule has 1 fully saturated rings. The molecule has 0 atom stereocenters. The number of sulfonamides is 1. The summed E-state index contributed by atoms with van der Waals surface area (Å²) in [5, 5.41) is 2.78. The van der Waals surface area contributed by atoms with Crippen LogP contribution in [0.5, 0.6) is 5.75 Å². The number of hydrogen-bond acceptors (Lipinski definition) is 4. The van der Waals surface area contributed by atoms with Crippen LogP contribution in [0.15, 0.2) is 59.5 Å². The predicted molar refractivity (Wildman–Crippen MR) is 109 cm³/mol. The second kappa shape index (κ2) is 9.71. The molecule has 1 heterocycles. The molecule has 6 nitrogen and oxygen atoms in total. The van der Waals surface area contributed by atoms with Crippen LogP contribution in [-0.2, 0) is 14.8 Å². The zero-order valence-corrected chi connectivity index (χ0v) is 16.7. The molecule has 0 saturated carbocycles. The van der Waals surface area contributed by atoms with Crippen molar-refractivity contribution in [2.75, 3.05) is 25.0 Å². The van der Waals surface area contributed by atoms with E-state index in [0.29, 0.717) is 38.2 Å². The lowest BCUT2D eigenvalue weighted by Crippen LogP contribution is -2.35. The fourth-order valence-electron chi connectivity index (χ4n) is 3.15. The van der Waals surface area contributed by atoms with Gasteiger partial charge in [-0.05, 0) is 49.6 Å². The average molecular weight is 403 g/mol. The molecule has 0 aliphatic carbocycles. The van der Waals surface area contributed by atoms with Crippen molar-refractivity contribution >= 4 is 21.6 Å². The van der Waals surface area contributed by atoms with Crippen molar-refractivity contribution in [1.29, 1.82) is 0 Å². The summed E-state index contributed by atoms with van der Waals surface area (Å²) in [6, 6.07) is 15.9. The Bertz CT molecular complexity index is 878. The first-order valence-corrected chi connectivity index (χ1v) is 11.1. The molecule has 1 aliphatic heterocycles. The van der Waals surface area contributed by atoms with Gasteiger partial charge in [0.05, 0.1) is 11.5 Å². The number of nitrogens with zero attached hydrogens (tertiary/aromatic N) is 1. The number of piperidine rings is 1. The maximum Gasteiger partial charge on any atom is 0.243 e. The van der Waals surface area contributed by atoms with E-state index in [1.165, 1.54) is 10.4 Å². The Kier molecular flexibility index (Phi) is 7.06. The molecule has 2 aromatic rings. The third-order valence-electron chi connectivity index (χ3n) is 4.63. The van der Waals surface area contributed by atoms with Crippen LogP contribution in [0.4, 0.5) is 5.69 Å². The molecule has 0 spiro atoms. The zero-order valence-electron chi connectivity index (χ0n) is 15.8. The van der Waals surface area contributed by atoms with E-state index in [4.69, 9.17) is 4.74 Å². The van der Waals surface area contributed by atoms with Crippen LogP contribution >= 0.6 is 0 Å². The smallest absolute Gasteiger partial charge is 0.243 e. The van der Waals surface area contributed by atoms with E-state index in [2.05, 4.69) is 5.32 Å². The van der Waals surface area contributed by atoms with Crippen molar-refractivity contribution in [2.45, 2.75) is 37.0 Å². The maximum atomic E-state index is 12.8. The Balaban J connectivity index is 1.51. The SMILES string of the molecule is O=C(CCCOc1ccccc1)Nc1cccc(S(=O)(=O)N2CCCCC2)c1. The van der Waals surface area contributed by atoms with Crippen molar-refractivity contribution in [1.82, 2.24) is 4.31 Å². The Morgan fingerprint density at radius 3 is 2.50 bits per heavy atom. The number of benzene rings is 2. The van der Waals surface area contributed by atoms with E-state index in [1.807, 2.05) is 30.3 Å². The summed E-state index contributed by atoms with van der Waals surface area (Å²) in [6.07, 6.45) is 3.72. The lowest BCUT2D eigenvalue weighted by Gasteiger charge is -2.26. The molecule has 28 heavy (non-hydrogen) atoms. The van der Waals surface area contributed by atoms with E-state index >= 15 is 0 Å². The number of amides is 1. The number of ether oxygens (including phenoxy) is 1. The highest BCUT2D eigenvalue weighted by atomic mass is 32.2. The number of para-hydroxylation sites is 1. The molecule has 1 N–H and O–H groups in total. The van der Waals surface area contributed by atoms with Crippen LogP contribution in [0.3, 0.4) is 0 Å². The van der Waals surface area contributed by atoms with Crippen molar-refractivity contribution < 1.29 is 17.9 Å². The number of carbonyl (C=O) groups is 1. The summed E-state index contributed by atoms with van der Waals surface area (Å²) in [6.45, 7) is 1.56. The Hall–Kier alpha value is -2.38. The molecular formula is C21H26N2O4S. The zero-order chi connectivity index (χ0) is 19.8. The van der Waals surface area contributed by atoms with Crippen LogP contribution in [0.2, 0.25) is 0 Å². The van der Waals surface area contributed by atoms with Crippen molar-refractivity contribution in [3.05, 3.63) is 54.6 Å². The minimum absolute atomic E-state index is 0.163. The van der Waals surface area contributed by atoms with Gasteiger partial charge in [0.2, 0.25) is 15.9 Å². The molecule has 2 aromatic carbocycles. The fourth-order valence-corrected chi connectivity index (χ4v) is 4.72. The molecule has 1 saturated heterocycles. The quantitative estimate of drug-likeness (QED) is 0.684. The van der Waals surface area contributed by atoms with Gasteiger partial charge in [0, 0.05) is 25.2 Å². The highest BCUT2D eigenvalue weighted by Crippen LogP contribution is 2.23. The minimum Gasteiger partial charge on any atom is -0.494 e. The van der Waals surface area contributed by atoms with E-state index in [9.17, 15) is 13.2 Å². The Labute approximate surface area is 166 Å². The molecule has 0 bridgehead atoms. The van der Waals surface area contributed by atoms with E-state index in [-0.39, 0.29) is 10.8 Å². The normalized spacial score (nSPS) is 15.1. The van der Waals surface area contributed by atoms with Crippen LogP contribution in [-0.4, -0.2) is 38.3 Å². The summed E-state index contributed by atoms with van der Waals surface area (Å²) in [5.74, 6) is 0.614. The van der Waals surface area contributed by atoms with Gasteiger partial charge in [-0.25, -0.2) is 8.42 Å². The lowest BCUT2D eigenvalue weighted by molar-refractivity contribution is -0.116. The predicted octanol–water partition coefficient (Wildman–Crippen LogP) is 3.66. The number of carbonyl (C=O) groups excluding carboxylic acids is 1. The third kappa shape index (κ3) is 5.56. The van der Waals surface area contributed by atoms with Crippen molar-refractivity contribution in [3.63, 3.8) is 0 Å². The standard InChI is InChI=1S/C21H26N2O4S/c24-21(13-8-16-27-19-10-3-1-4-11-19)22-18-9-7-12-20(17-18)28(25,26)23-14-5-2-6-15-23/h1,3-4,7,9-12,17H,2,5-6,8,13-16H2,(H,22,24). The maximum absolute atomic E-state index is 12.8. The monoisotopic (exact) mass is 402 g/mol. The molecule has 1 amide bonds. The van der Waals surface area contributed by atoms with Crippen molar-refractivity contribution in [3.8, 4) is 5.75 Å². The fraction of sp³-hybridized carbons (Fsp3) is 0.381. The van der Waals surface area contributed by atoms with Gasteiger partial charge in [0.25, 0.3) is 0 Å². The van der Waals surface area contributed by atoms with Gasteiger partial charge in [-0.2, -0.15) is 4.31 Å². The second-order valence-corrected chi connectivity index (χ2v) is 8.74. The van der Waals surface area contributed by atoms with Gasteiger partial charge >= 0.3 is 0 Å². The number of anilines is 1. The highest BCUT2D eigenvalue weighted by Gasteiger charge is 2.26. The minimum atomic E-state index is -3.51. The molecule has 3 rings (SSSR count). The van der Waals surface area contributed by atoms with Crippen LogP contribution in [0.25, 0.3) is 0 Å². The summed E-state index contributed by atoms with van der Waals surface area (Å²) in [7, 11) is -3.51. The largest absolute Gasteiger partial charge is 0.494 e. The van der Waals surface area contributed by atoms with Crippen molar-refractivity contribution in [2.24, 2.45) is 0 Å². The first-order chi connectivity index (χ1) is 13.6. The van der Waals surface area contributed by atoms with Crippen LogP contribution in [0, 0.1) is 0 Å². The van der Waals surface area contributed by atoms with E-state index in [1.54, 1.807) is 18.2 Å². The number of rotatable bonds is 8. The summed E-state index contributed by atoms with van der Waals surface area (Å²) >= 11 is 0. The first kappa shape index (κ1) is 20.4. The van der Waals surface area contributed by atoms with Gasteiger partial charge in [-0.15, -0.1) is 0 Å². The summed E-state index contributed by atoms with van der Waals surface area (Å²) in [5.41, 5.74) is 0.493. The third-order valence-corrected chi connectivity index (χ3v) is 6.53. The first-order valence-electron chi connectivity index (χ1n) is 9.64. The molecule has 150 valence electrons. The lowest BCUT2D eigenvalue weighted by atomic mass is 10.2. The molecule has 0 aromatic heterocycles. The average Bonchev–Trinajstić information content (AvgIpc) is 2.73.